The largest absolute Gasteiger partial charge is 0.477 e. The third-order valence-corrected chi connectivity index (χ3v) is 3.88. The lowest BCUT2D eigenvalue weighted by Gasteiger charge is -2.11. The Kier molecular flexibility index (Phi) is 7.73. The van der Waals surface area contributed by atoms with Crippen LogP contribution in [0.4, 0.5) is 19.0 Å². The molecular weight excluding hydrogens is 401 g/mol. The van der Waals surface area contributed by atoms with Gasteiger partial charge in [0.25, 0.3) is 5.91 Å². The first-order chi connectivity index (χ1) is 14.0. The number of hydrogen-bond donors (Lipinski definition) is 2. The van der Waals surface area contributed by atoms with Gasteiger partial charge in [0.05, 0.1) is 13.0 Å². The lowest BCUT2D eigenvalue weighted by molar-refractivity contribution is -0.139. The Hall–Kier alpha value is -3.17. The van der Waals surface area contributed by atoms with Gasteiger partial charge >= 0.3 is 6.18 Å². The van der Waals surface area contributed by atoms with Crippen LogP contribution in [0.5, 0.6) is 5.88 Å². The fourth-order valence-electron chi connectivity index (χ4n) is 2.29. The van der Waals surface area contributed by atoms with E-state index in [1.807, 2.05) is 0 Å². The van der Waals surface area contributed by atoms with Crippen molar-refractivity contribution in [3.63, 3.8) is 0 Å². The molecule has 0 aliphatic heterocycles. The average Bonchev–Trinajstić information content (AvgIpc) is 2.65. The highest BCUT2D eigenvalue weighted by Gasteiger charge is 2.26. The summed E-state index contributed by atoms with van der Waals surface area (Å²) < 4.78 is 41.3. The number of rotatable bonds is 8. The Morgan fingerprint density at radius 3 is 2.53 bits per heavy atom. The van der Waals surface area contributed by atoms with Gasteiger partial charge < -0.3 is 15.4 Å². The molecule has 10 heteroatoms. The summed E-state index contributed by atoms with van der Waals surface area (Å²) in [6.07, 6.45) is -3.93. The fraction of sp³-hybridized carbons (Fsp3) is 0.400. The molecule has 2 aromatic heterocycles. The molecule has 0 bridgehead atoms. The van der Waals surface area contributed by atoms with Crippen molar-refractivity contribution in [3.8, 4) is 5.88 Å². The number of aryl methyl sites for hydroxylation is 1. The lowest BCUT2D eigenvalue weighted by Crippen LogP contribution is -2.24. The van der Waals surface area contributed by atoms with Gasteiger partial charge in [0, 0.05) is 36.0 Å². The number of carbonyl (C=O) groups excluding carboxylic acids is 2. The molecule has 162 valence electrons. The van der Waals surface area contributed by atoms with Crippen molar-refractivity contribution in [2.45, 2.75) is 39.9 Å². The smallest absolute Gasteiger partial charge is 0.392 e. The highest BCUT2D eigenvalue weighted by atomic mass is 19.4. The van der Waals surface area contributed by atoms with Crippen molar-refractivity contribution >= 4 is 17.6 Å². The fourth-order valence-corrected chi connectivity index (χ4v) is 2.29. The molecule has 2 aromatic rings. The van der Waals surface area contributed by atoms with Crippen molar-refractivity contribution < 1.29 is 27.5 Å². The van der Waals surface area contributed by atoms with Gasteiger partial charge in [-0.2, -0.15) is 13.2 Å². The van der Waals surface area contributed by atoms with Crippen LogP contribution in [-0.4, -0.2) is 34.6 Å². The van der Waals surface area contributed by atoms with E-state index in [0.717, 1.165) is 0 Å². The van der Waals surface area contributed by atoms with Gasteiger partial charge in [-0.25, -0.2) is 9.97 Å². The predicted molar refractivity (Wildman–Crippen MR) is 104 cm³/mol. The second-order valence-electron chi connectivity index (χ2n) is 6.93. The molecule has 2 heterocycles. The van der Waals surface area contributed by atoms with Crippen LogP contribution >= 0.6 is 0 Å². The van der Waals surface area contributed by atoms with Gasteiger partial charge in [-0.15, -0.1) is 0 Å². The Morgan fingerprint density at radius 1 is 1.20 bits per heavy atom. The number of ether oxygens (including phenoxy) is 1. The van der Waals surface area contributed by atoms with Crippen LogP contribution in [0, 0.1) is 12.8 Å². The topological polar surface area (TPSA) is 93.2 Å². The summed E-state index contributed by atoms with van der Waals surface area (Å²) in [5, 5.41) is 5.38. The van der Waals surface area contributed by atoms with Crippen LogP contribution in [0.3, 0.4) is 0 Å². The Labute approximate surface area is 172 Å². The number of pyridine rings is 2. The van der Waals surface area contributed by atoms with Gasteiger partial charge in [0.2, 0.25) is 11.8 Å². The number of anilines is 1. The van der Waals surface area contributed by atoms with Gasteiger partial charge in [-0.3, -0.25) is 9.59 Å². The summed E-state index contributed by atoms with van der Waals surface area (Å²) in [6, 6.07) is 6.12. The minimum atomic E-state index is -4.28. The van der Waals surface area contributed by atoms with E-state index in [-0.39, 0.29) is 30.2 Å². The van der Waals surface area contributed by atoms with E-state index in [9.17, 15) is 22.8 Å². The third-order valence-electron chi connectivity index (χ3n) is 3.88. The molecule has 0 atom stereocenters. The number of carbonyl (C=O) groups is 2. The molecule has 0 spiro atoms. The van der Waals surface area contributed by atoms with Gasteiger partial charge in [0.15, 0.2) is 0 Å². The zero-order chi connectivity index (χ0) is 22.3. The molecule has 2 N–H and O–H groups in total. The molecular formula is C20H23F3N4O3. The van der Waals surface area contributed by atoms with E-state index in [0.29, 0.717) is 22.6 Å². The van der Waals surface area contributed by atoms with Crippen molar-refractivity contribution in [1.82, 2.24) is 15.3 Å². The Balaban J connectivity index is 1.92. The molecule has 0 aromatic carbocycles. The van der Waals surface area contributed by atoms with Crippen LogP contribution in [0.25, 0.3) is 0 Å². The van der Waals surface area contributed by atoms with E-state index in [4.69, 9.17) is 4.74 Å². The summed E-state index contributed by atoms with van der Waals surface area (Å²) in [7, 11) is 0. The summed E-state index contributed by atoms with van der Waals surface area (Å²) in [5.41, 5.74) is 1.55. The van der Waals surface area contributed by atoms with Crippen molar-refractivity contribution in [1.29, 1.82) is 0 Å². The lowest BCUT2D eigenvalue weighted by atomic mass is 10.2. The molecule has 2 rings (SSSR count). The van der Waals surface area contributed by atoms with Crippen LogP contribution in [0.15, 0.2) is 30.5 Å². The molecule has 30 heavy (non-hydrogen) atoms. The SMILES string of the molecule is Cc1cc(C(=O)NCc2ccc(OCCC(F)(F)F)nc2)cc(NC(=O)C(C)C)n1. The van der Waals surface area contributed by atoms with E-state index < -0.39 is 19.2 Å². The van der Waals surface area contributed by atoms with Gasteiger partial charge in [0.1, 0.15) is 5.82 Å². The number of amides is 2. The van der Waals surface area contributed by atoms with Gasteiger partial charge in [-0.1, -0.05) is 19.9 Å². The zero-order valence-corrected chi connectivity index (χ0v) is 16.8. The second kappa shape index (κ2) is 10.0. The number of hydrogen-bond acceptors (Lipinski definition) is 5. The van der Waals surface area contributed by atoms with E-state index in [2.05, 4.69) is 20.6 Å². The molecule has 2 amide bonds. The Morgan fingerprint density at radius 2 is 1.93 bits per heavy atom. The normalized spacial score (nSPS) is 11.3. The van der Waals surface area contributed by atoms with E-state index in [1.165, 1.54) is 18.3 Å². The molecule has 0 radical (unpaired) electrons. The first kappa shape index (κ1) is 23.1. The highest BCUT2D eigenvalue weighted by molar-refractivity contribution is 5.97. The van der Waals surface area contributed by atoms with Crippen LogP contribution in [-0.2, 0) is 11.3 Å². The molecule has 0 saturated carbocycles. The summed E-state index contributed by atoms with van der Waals surface area (Å²) in [4.78, 5) is 32.4. The molecule has 0 saturated heterocycles. The van der Waals surface area contributed by atoms with Crippen LogP contribution in [0.1, 0.15) is 41.9 Å². The maximum absolute atomic E-state index is 12.4. The number of alkyl halides is 3. The average molecular weight is 424 g/mol. The first-order valence-electron chi connectivity index (χ1n) is 9.26. The predicted octanol–water partition coefficient (Wildman–Crippen LogP) is 3.64. The van der Waals surface area contributed by atoms with E-state index >= 15 is 0 Å². The number of nitrogens with one attached hydrogen (secondary N) is 2. The van der Waals surface area contributed by atoms with Gasteiger partial charge in [-0.05, 0) is 24.6 Å². The minimum Gasteiger partial charge on any atom is -0.477 e. The molecule has 0 aliphatic rings. The van der Waals surface area contributed by atoms with Crippen molar-refractivity contribution in [2.24, 2.45) is 5.92 Å². The summed E-state index contributed by atoms with van der Waals surface area (Å²) in [6.45, 7) is 4.86. The zero-order valence-electron chi connectivity index (χ0n) is 16.8. The standard InChI is InChI=1S/C20H23F3N4O3/c1-12(2)18(28)27-16-9-15(8-13(3)26-16)19(29)25-11-14-4-5-17(24-10-14)30-7-6-20(21,22)23/h4-5,8-10,12H,6-7,11H2,1-3H3,(H,25,29)(H,26,27,28). The number of halogens is 3. The van der Waals surface area contributed by atoms with Crippen molar-refractivity contribution in [2.75, 3.05) is 11.9 Å². The second-order valence-corrected chi connectivity index (χ2v) is 6.93. The highest BCUT2D eigenvalue weighted by Crippen LogP contribution is 2.20. The summed E-state index contributed by atoms with van der Waals surface area (Å²) in [5.74, 6) is -0.433. The summed E-state index contributed by atoms with van der Waals surface area (Å²) >= 11 is 0. The molecule has 0 fully saturated rings. The maximum Gasteiger partial charge on any atom is 0.392 e. The Bertz CT molecular complexity index is 884. The monoisotopic (exact) mass is 424 g/mol. The minimum absolute atomic E-state index is 0.0737. The molecule has 7 nitrogen and oxygen atoms in total. The first-order valence-corrected chi connectivity index (χ1v) is 9.26. The third kappa shape index (κ3) is 7.69. The molecule has 0 unspecified atom stereocenters. The quantitative estimate of drug-likeness (QED) is 0.675. The maximum atomic E-state index is 12.4. The van der Waals surface area contributed by atoms with Crippen molar-refractivity contribution in [3.05, 3.63) is 47.3 Å². The number of aromatic nitrogens is 2. The molecule has 0 aliphatic carbocycles. The van der Waals surface area contributed by atoms with Crippen LogP contribution in [0.2, 0.25) is 0 Å². The number of nitrogens with zero attached hydrogens (tertiary/aromatic N) is 2. The van der Waals surface area contributed by atoms with Crippen LogP contribution < -0.4 is 15.4 Å². The van der Waals surface area contributed by atoms with E-state index in [1.54, 1.807) is 32.9 Å².